The second-order valence-corrected chi connectivity index (χ2v) is 9.60. The highest BCUT2D eigenvalue weighted by molar-refractivity contribution is 4.84. The van der Waals surface area contributed by atoms with Crippen LogP contribution in [-0.2, 0) is 0 Å². The predicted octanol–water partition coefficient (Wildman–Crippen LogP) is 2.99. The normalized spacial score (nSPS) is 27.0. The molecule has 0 radical (unpaired) electrons. The van der Waals surface area contributed by atoms with Crippen LogP contribution in [0.5, 0.6) is 0 Å². The van der Waals surface area contributed by atoms with Crippen LogP contribution in [0.15, 0.2) is 0 Å². The molecule has 4 nitrogen and oxygen atoms in total. The van der Waals surface area contributed by atoms with Gasteiger partial charge in [-0.1, -0.05) is 0 Å². The monoisotopic (exact) mass is 364 g/mol. The molecule has 3 fully saturated rings. The first-order valence-corrected chi connectivity index (χ1v) is 11.5. The van der Waals surface area contributed by atoms with Gasteiger partial charge < -0.3 is 14.7 Å². The maximum absolute atomic E-state index is 2.83. The van der Waals surface area contributed by atoms with E-state index in [1.165, 1.54) is 91.0 Å². The molecule has 3 aliphatic heterocycles. The zero-order valence-electron chi connectivity index (χ0n) is 18.0. The fraction of sp³-hybridized carbons (Fsp3) is 1.00. The van der Waals surface area contributed by atoms with Gasteiger partial charge in [0.2, 0.25) is 0 Å². The second-order valence-electron chi connectivity index (χ2n) is 9.60. The Kier molecular flexibility index (Phi) is 7.80. The summed E-state index contributed by atoms with van der Waals surface area (Å²) in [5, 5.41) is 0. The van der Waals surface area contributed by atoms with Gasteiger partial charge in [-0.05, 0) is 98.4 Å². The summed E-state index contributed by atoms with van der Waals surface area (Å²) in [6.45, 7) is 21.1. The lowest BCUT2D eigenvalue weighted by atomic mass is 9.91. The molecule has 3 aliphatic rings. The number of piperazine rings is 1. The Balaban J connectivity index is 1.30. The lowest BCUT2D eigenvalue weighted by Crippen LogP contribution is -2.50. The first-order valence-electron chi connectivity index (χ1n) is 11.5. The van der Waals surface area contributed by atoms with Crippen LogP contribution >= 0.6 is 0 Å². The molecule has 4 heteroatoms. The minimum Gasteiger partial charge on any atom is -0.301 e. The number of likely N-dealkylation sites (tertiary alicyclic amines) is 2. The molecule has 0 bridgehead atoms. The standard InChI is InChI=1S/C22H44N4/c1-19(2)24-13-8-22(9-14-24)26-11-6-21(7-12-26)5-10-23-15-17-25(18-16-23)20(3)4/h19-22H,5-18H2,1-4H3. The Hall–Kier alpha value is -0.160. The summed E-state index contributed by atoms with van der Waals surface area (Å²) in [7, 11) is 0. The van der Waals surface area contributed by atoms with Crippen molar-refractivity contribution >= 4 is 0 Å². The lowest BCUT2D eigenvalue weighted by molar-refractivity contribution is 0.0607. The van der Waals surface area contributed by atoms with Gasteiger partial charge in [-0.15, -0.1) is 0 Å². The molecule has 0 N–H and O–H groups in total. The molecular formula is C22H44N4. The van der Waals surface area contributed by atoms with E-state index < -0.39 is 0 Å². The van der Waals surface area contributed by atoms with Crippen LogP contribution in [0.2, 0.25) is 0 Å². The SMILES string of the molecule is CC(C)N1CCC(N2CCC(CCN3CCN(C(C)C)CC3)CC2)CC1. The highest BCUT2D eigenvalue weighted by atomic mass is 15.3. The van der Waals surface area contributed by atoms with Gasteiger partial charge in [0.15, 0.2) is 0 Å². The van der Waals surface area contributed by atoms with E-state index >= 15 is 0 Å². The summed E-state index contributed by atoms with van der Waals surface area (Å²) >= 11 is 0. The van der Waals surface area contributed by atoms with Crippen LogP contribution in [0.25, 0.3) is 0 Å². The van der Waals surface area contributed by atoms with Crippen molar-refractivity contribution in [2.75, 3.05) is 58.9 Å². The van der Waals surface area contributed by atoms with Gasteiger partial charge in [-0.3, -0.25) is 4.90 Å². The molecule has 26 heavy (non-hydrogen) atoms. The van der Waals surface area contributed by atoms with Crippen LogP contribution in [-0.4, -0.2) is 96.6 Å². The fourth-order valence-electron chi connectivity index (χ4n) is 5.24. The first-order chi connectivity index (χ1) is 12.5. The molecule has 0 aromatic rings. The highest BCUT2D eigenvalue weighted by Crippen LogP contribution is 2.26. The zero-order valence-corrected chi connectivity index (χ0v) is 18.0. The average Bonchev–Trinajstić information content (AvgIpc) is 2.67. The van der Waals surface area contributed by atoms with Gasteiger partial charge in [-0.25, -0.2) is 0 Å². The number of hydrogen-bond donors (Lipinski definition) is 0. The van der Waals surface area contributed by atoms with Gasteiger partial charge >= 0.3 is 0 Å². The van der Waals surface area contributed by atoms with E-state index in [9.17, 15) is 0 Å². The molecule has 0 aromatic carbocycles. The number of rotatable bonds is 6. The maximum Gasteiger partial charge on any atom is 0.0120 e. The van der Waals surface area contributed by atoms with Gasteiger partial charge in [0.1, 0.15) is 0 Å². The molecule has 0 unspecified atom stereocenters. The first kappa shape index (κ1) is 20.6. The van der Waals surface area contributed by atoms with E-state index in [0.717, 1.165) is 18.0 Å². The highest BCUT2D eigenvalue weighted by Gasteiger charge is 2.29. The molecule has 3 saturated heterocycles. The molecule has 0 spiro atoms. The molecular weight excluding hydrogens is 320 g/mol. The van der Waals surface area contributed by atoms with Gasteiger partial charge in [0.25, 0.3) is 0 Å². The van der Waals surface area contributed by atoms with Gasteiger partial charge in [0.05, 0.1) is 0 Å². The molecule has 0 saturated carbocycles. The molecule has 0 aromatic heterocycles. The Bertz CT molecular complexity index is 387. The number of piperidine rings is 2. The molecule has 0 atom stereocenters. The van der Waals surface area contributed by atoms with Crippen LogP contribution in [0.1, 0.15) is 59.8 Å². The van der Waals surface area contributed by atoms with E-state index in [-0.39, 0.29) is 0 Å². The smallest absolute Gasteiger partial charge is 0.0120 e. The third kappa shape index (κ3) is 5.67. The second kappa shape index (κ2) is 9.86. The third-order valence-electron chi connectivity index (χ3n) is 7.39. The van der Waals surface area contributed by atoms with E-state index in [4.69, 9.17) is 0 Å². The van der Waals surface area contributed by atoms with Crippen molar-refractivity contribution in [1.82, 2.24) is 19.6 Å². The van der Waals surface area contributed by atoms with Crippen LogP contribution in [0, 0.1) is 5.92 Å². The number of nitrogens with zero attached hydrogens (tertiary/aromatic N) is 4. The van der Waals surface area contributed by atoms with Crippen LogP contribution in [0.4, 0.5) is 0 Å². The minimum absolute atomic E-state index is 0.717. The van der Waals surface area contributed by atoms with Crippen molar-refractivity contribution in [3.05, 3.63) is 0 Å². The summed E-state index contributed by atoms with van der Waals surface area (Å²) < 4.78 is 0. The third-order valence-corrected chi connectivity index (χ3v) is 7.39. The molecule has 0 amide bonds. The fourth-order valence-corrected chi connectivity index (χ4v) is 5.24. The predicted molar refractivity (Wildman–Crippen MR) is 112 cm³/mol. The summed E-state index contributed by atoms with van der Waals surface area (Å²) in [5.41, 5.74) is 0. The largest absolute Gasteiger partial charge is 0.301 e. The minimum atomic E-state index is 0.717. The van der Waals surface area contributed by atoms with Crippen molar-refractivity contribution in [1.29, 1.82) is 0 Å². The zero-order chi connectivity index (χ0) is 18.5. The summed E-state index contributed by atoms with van der Waals surface area (Å²) in [6.07, 6.45) is 7.10. The van der Waals surface area contributed by atoms with Crippen molar-refractivity contribution in [3.63, 3.8) is 0 Å². The van der Waals surface area contributed by atoms with Crippen LogP contribution < -0.4 is 0 Å². The number of hydrogen-bond acceptors (Lipinski definition) is 4. The Morgan fingerprint density at radius 2 is 1.19 bits per heavy atom. The van der Waals surface area contributed by atoms with E-state index in [1.807, 2.05) is 0 Å². The molecule has 3 heterocycles. The Morgan fingerprint density at radius 3 is 1.73 bits per heavy atom. The van der Waals surface area contributed by atoms with Crippen molar-refractivity contribution in [3.8, 4) is 0 Å². The average molecular weight is 365 g/mol. The molecule has 3 rings (SSSR count). The summed E-state index contributed by atoms with van der Waals surface area (Å²) in [6, 6.07) is 2.31. The lowest BCUT2D eigenvalue weighted by Gasteiger charge is -2.43. The topological polar surface area (TPSA) is 13.0 Å². The van der Waals surface area contributed by atoms with Crippen molar-refractivity contribution in [2.45, 2.75) is 77.9 Å². The Labute approximate surface area is 162 Å². The summed E-state index contributed by atoms with van der Waals surface area (Å²) in [5.74, 6) is 0.977. The van der Waals surface area contributed by atoms with E-state index in [2.05, 4.69) is 47.3 Å². The maximum atomic E-state index is 2.83. The van der Waals surface area contributed by atoms with Gasteiger partial charge in [0, 0.05) is 44.3 Å². The van der Waals surface area contributed by atoms with E-state index in [1.54, 1.807) is 0 Å². The summed E-state index contributed by atoms with van der Waals surface area (Å²) in [4.78, 5) is 10.8. The molecule has 0 aliphatic carbocycles. The van der Waals surface area contributed by atoms with Crippen molar-refractivity contribution < 1.29 is 0 Å². The van der Waals surface area contributed by atoms with Gasteiger partial charge in [-0.2, -0.15) is 0 Å². The quantitative estimate of drug-likeness (QED) is 0.718. The van der Waals surface area contributed by atoms with Crippen molar-refractivity contribution in [2.24, 2.45) is 5.92 Å². The molecule has 152 valence electrons. The van der Waals surface area contributed by atoms with Crippen LogP contribution in [0.3, 0.4) is 0 Å². The van der Waals surface area contributed by atoms with E-state index in [0.29, 0.717) is 6.04 Å². The Morgan fingerprint density at radius 1 is 0.654 bits per heavy atom.